The van der Waals surface area contributed by atoms with E-state index in [2.05, 4.69) is 80.6 Å². The standard InChI is InChI=1S/C14H14Br2S/c1-10(9-13-12(15)7-8-17-13)14(16)11-5-3-2-4-6-11/h2-8,10,14H,9H2,1H3. The molecule has 0 amide bonds. The molecule has 0 saturated heterocycles. The molecule has 0 bridgehead atoms. The highest BCUT2D eigenvalue weighted by Gasteiger charge is 2.17. The van der Waals surface area contributed by atoms with Crippen molar-refractivity contribution in [1.82, 2.24) is 0 Å². The lowest BCUT2D eigenvalue weighted by atomic mass is 9.97. The molecule has 1 aromatic carbocycles. The van der Waals surface area contributed by atoms with Crippen molar-refractivity contribution in [3.05, 3.63) is 56.7 Å². The summed E-state index contributed by atoms with van der Waals surface area (Å²) in [6, 6.07) is 12.7. The second kappa shape index (κ2) is 6.17. The third-order valence-corrected chi connectivity index (χ3v) is 6.20. The zero-order valence-electron chi connectivity index (χ0n) is 9.57. The molecule has 0 saturated carbocycles. The molecule has 1 aromatic heterocycles. The van der Waals surface area contributed by atoms with Gasteiger partial charge in [-0.15, -0.1) is 11.3 Å². The molecule has 0 fully saturated rings. The van der Waals surface area contributed by atoms with E-state index in [9.17, 15) is 0 Å². The van der Waals surface area contributed by atoms with Crippen LogP contribution in [0.1, 0.15) is 22.2 Å². The van der Waals surface area contributed by atoms with E-state index in [0.717, 1.165) is 6.42 Å². The summed E-state index contributed by atoms with van der Waals surface area (Å²) in [5.74, 6) is 0.576. The Hall–Kier alpha value is -0.120. The molecule has 2 aromatic rings. The summed E-state index contributed by atoms with van der Waals surface area (Å²) in [5.41, 5.74) is 1.35. The topological polar surface area (TPSA) is 0 Å². The maximum absolute atomic E-state index is 3.81. The Morgan fingerprint density at radius 3 is 2.47 bits per heavy atom. The molecule has 0 aliphatic heterocycles. The van der Waals surface area contributed by atoms with Crippen molar-refractivity contribution in [2.24, 2.45) is 5.92 Å². The van der Waals surface area contributed by atoms with Crippen LogP contribution in [-0.4, -0.2) is 0 Å². The summed E-state index contributed by atoms with van der Waals surface area (Å²) in [4.78, 5) is 1.84. The van der Waals surface area contributed by atoms with Gasteiger partial charge in [0.15, 0.2) is 0 Å². The molecule has 0 spiro atoms. The number of hydrogen-bond donors (Lipinski definition) is 0. The van der Waals surface area contributed by atoms with Crippen molar-refractivity contribution >= 4 is 43.2 Å². The Morgan fingerprint density at radius 2 is 1.88 bits per heavy atom. The third kappa shape index (κ3) is 3.43. The first-order chi connectivity index (χ1) is 8.18. The first-order valence-electron chi connectivity index (χ1n) is 5.59. The van der Waals surface area contributed by atoms with E-state index in [4.69, 9.17) is 0 Å². The predicted molar refractivity (Wildman–Crippen MR) is 83.0 cm³/mol. The number of thiophene rings is 1. The molecule has 0 nitrogen and oxygen atoms in total. The highest BCUT2D eigenvalue weighted by molar-refractivity contribution is 9.10. The third-order valence-electron chi connectivity index (χ3n) is 2.82. The van der Waals surface area contributed by atoms with Crippen molar-refractivity contribution in [1.29, 1.82) is 0 Å². The van der Waals surface area contributed by atoms with Crippen molar-refractivity contribution in [3.63, 3.8) is 0 Å². The van der Waals surface area contributed by atoms with Gasteiger partial charge in [-0.25, -0.2) is 0 Å². The van der Waals surface area contributed by atoms with E-state index in [1.54, 1.807) is 0 Å². The number of alkyl halides is 1. The quantitative estimate of drug-likeness (QED) is 0.591. The van der Waals surface area contributed by atoms with E-state index in [-0.39, 0.29) is 0 Å². The Kier molecular flexibility index (Phi) is 4.83. The molecule has 0 radical (unpaired) electrons. The minimum absolute atomic E-state index is 0.415. The van der Waals surface area contributed by atoms with Crippen LogP contribution in [0.15, 0.2) is 46.3 Å². The van der Waals surface area contributed by atoms with Gasteiger partial charge in [-0.2, -0.15) is 0 Å². The fraction of sp³-hybridized carbons (Fsp3) is 0.286. The Morgan fingerprint density at radius 1 is 1.18 bits per heavy atom. The maximum atomic E-state index is 3.81. The van der Waals surface area contributed by atoms with Gasteiger partial charge in [0.1, 0.15) is 0 Å². The minimum atomic E-state index is 0.415. The second-order valence-electron chi connectivity index (χ2n) is 4.19. The molecule has 3 heteroatoms. The van der Waals surface area contributed by atoms with Crippen LogP contribution in [0.2, 0.25) is 0 Å². The molecular formula is C14H14Br2S. The van der Waals surface area contributed by atoms with Crippen LogP contribution in [0.3, 0.4) is 0 Å². The molecule has 2 unspecified atom stereocenters. The first-order valence-corrected chi connectivity index (χ1v) is 8.18. The van der Waals surface area contributed by atoms with Gasteiger partial charge >= 0.3 is 0 Å². The second-order valence-corrected chi connectivity index (χ2v) is 7.03. The van der Waals surface area contributed by atoms with E-state index >= 15 is 0 Å². The Balaban J connectivity index is 2.06. The minimum Gasteiger partial charge on any atom is -0.148 e. The molecule has 17 heavy (non-hydrogen) atoms. The normalized spacial score (nSPS) is 14.5. The molecule has 1 heterocycles. The molecule has 0 aliphatic rings. The number of benzene rings is 1. The highest BCUT2D eigenvalue weighted by Crippen LogP contribution is 2.35. The fourth-order valence-electron chi connectivity index (χ4n) is 1.83. The van der Waals surface area contributed by atoms with Crippen LogP contribution in [-0.2, 0) is 6.42 Å². The summed E-state index contributed by atoms with van der Waals surface area (Å²) in [7, 11) is 0. The van der Waals surface area contributed by atoms with Crippen LogP contribution >= 0.6 is 43.2 Å². The maximum Gasteiger partial charge on any atom is 0.0424 e. The summed E-state index contributed by atoms with van der Waals surface area (Å²) >= 11 is 9.23. The van der Waals surface area contributed by atoms with Crippen LogP contribution < -0.4 is 0 Å². The lowest BCUT2D eigenvalue weighted by Gasteiger charge is -2.18. The van der Waals surface area contributed by atoms with E-state index in [1.165, 1.54) is 14.9 Å². The molecule has 90 valence electrons. The van der Waals surface area contributed by atoms with Gasteiger partial charge in [0, 0.05) is 14.2 Å². The van der Waals surface area contributed by atoms with Gasteiger partial charge in [-0.05, 0) is 45.3 Å². The van der Waals surface area contributed by atoms with Crippen LogP contribution in [0.4, 0.5) is 0 Å². The van der Waals surface area contributed by atoms with Gasteiger partial charge in [0.05, 0.1) is 0 Å². The molecular weight excluding hydrogens is 360 g/mol. The van der Waals surface area contributed by atoms with Gasteiger partial charge in [0.25, 0.3) is 0 Å². The molecule has 2 atom stereocenters. The van der Waals surface area contributed by atoms with E-state index < -0.39 is 0 Å². The van der Waals surface area contributed by atoms with E-state index in [0.29, 0.717) is 10.7 Å². The Bertz CT molecular complexity index is 464. The SMILES string of the molecule is CC(Cc1sccc1Br)C(Br)c1ccccc1. The summed E-state index contributed by atoms with van der Waals surface area (Å²) in [6.45, 7) is 2.29. The molecule has 0 N–H and O–H groups in total. The van der Waals surface area contributed by atoms with Crippen molar-refractivity contribution < 1.29 is 0 Å². The van der Waals surface area contributed by atoms with Crippen LogP contribution in [0, 0.1) is 5.92 Å². The van der Waals surface area contributed by atoms with Crippen LogP contribution in [0.25, 0.3) is 0 Å². The van der Waals surface area contributed by atoms with E-state index in [1.807, 2.05) is 11.3 Å². The van der Waals surface area contributed by atoms with Gasteiger partial charge in [-0.1, -0.05) is 53.2 Å². The largest absolute Gasteiger partial charge is 0.148 e. The lowest BCUT2D eigenvalue weighted by molar-refractivity contribution is 0.576. The number of hydrogen-bond acceptors (Lipinski definition) is 1. The van der Waals surface area contributed by atoms with Gasteiger partial charge < -0.3 is 0 Å². The monoisotopic (exact) mass is 372 g/mol. The number of rotatable bonds is 4. The van der Waals surface area contributed by atoms with Crippen molar-refractivity contribution in [3.8, 4) is 0 Å². The summed E-state index contributed by atoms with van der Waals surface area (Å²) in [5, 5.41) is 2.14. The Labute approximate surface area is 123 Å². The predicted octanol–water partition coefficient (Wildman–Crippen LogP) is 5.83. The average Bonchev–Trinajstić information content (AvgIpc) is 2.75. The van der Waals surface area contributed by atoms with Gasteiger partial charge in [-0.3, -0.25) is 0 Å². The van der Waals surface area contributed by atoms with Crippen molar-refractivity contribution in [2.45, 2.75) is 18.2 Å². The van der Waals surface area contributed by atoms with Crippen molar-refractivity contribution in [2.75, 3.05) is 0 Å². The zero-order valence-corrected chi connectivity index (χ0v) is 13.6. The first kappa shape index (κ1) is 13.3. The summed E-state index contributed by atoms with van der Waals surface area (Å²) in [6.07, 6.45) is 1.10. The lowest BCUT2D eigenvalue weighted by Crippen LogP contribution is -2.06. The highest BCUT2D eigenvalue weighted by atomic mass is 79.9. The zero-order chi connectivity index (χ0) is 12.3. The fourth-order valence-corrected chi connectivity index (χ4v) is 3.98. The number of halogens is 2. The molecule has 0 aliphatic carbocycles. The average molecular weight is 374 g/mol. The molecule has 2 rings (SSSR count). The summed E-state index contributed by atoms with van der Waals surface area (Å²) < 4.78 is 1.24. The smallest absolute Gasteiger partial charge is 0.0424 e. The van der Waals surface area contributed by atoms with Gasteiger partial charge in [0.2, 0.25) is 0 Å². The van der Waals surface area contributed by atoms with Crippen LogP contribution in [0.5, 0.6) is 0 Å².